The summed E-state index contributed by atoms with van der Waals surface area (Å²) in [6.45, 7) is 2.45. The first-order chi connectivity index (χ1) is 11.6. The predicted octanol–water partition coefficient (Wildman–Crippen LogP) is 4.19. The average molecular weight is 330 g/mol. The fraction of sp³-hybridized carbons (Fsp3) is 0.714. The van der Waals surface area contributed by atoms with Crippen LogP contribution in [0.2, 0.25) is 0 Å². The number of benzene rings is 1. The highest BCUT2D eigenvalue weighted by atomic mass is 16.5. The van der Waals surface area contributed by atoms with Crippen molar-refractivity contribution in [2.45, 2.75) is 57.2 Å². The molecule has 1 aromatic rings. The highest BCUT2D eigenvalue weighted by Gasteiger charge is 2.58. The van der Waals surface area contributed by atoms with E-state index in [2.05, 4.69) is 25.1 Å². The third kappa shape index (κ3) is 2.24. The van der Waals surface area contributed by atoms with E-state index in [-0.39, 0.29) is 17.6 Å². The molecule has 6 unspecified atom stereocenters. The van der Waals surface area contributed by atoms with Gasteiger partial charge in [0.1, 0.15) is 5.75 Å². The molecule has 4 rings (SSSR count). The van der Waals surface area contributed by atoms with Gasteiger partial charge in [0.25, 0.3) is 0 Å². The van der Waals surface area contributed by atoms with Crippen LogP contribution >= 0.6 is 0 Å². The summed E-state index contributed by atoms with van der Waals surface area (Å²) in [5.74, 6) is 3.17. The van der Waals surface area contributed by atoms with Crippen molar-refractivity contribution in [3.8, 4) is 5.75 Å². The smallest absolute Gasteiger partial charge is 0.119 e. The van der Waals surface area contributed by atoms with Gasteiger partial charge in [-0.05, 0) is 78.5 Å². The molecule has 0 saturated heterocycles. The SMILES string of the molecule is COc1ccc2c(c1)CCC1C2CCC2(C)C1CC(OC)C2OC. The van der Waals surface area contributed by atoms with Crippen LogP contribution in [0.5, 0.6) is 5.75 Å². The Morgan fingerprint density at radius 1 is 1.08 bits per heavy atom. The van der Waals surface area contributed by atoms with E-state index in [1.807, 2.05) is 14.2 Å². The Morgan fingerprint density at radius 3 is 2.62 bits per heavy atom. The largest absolute Gasteiger partial charge is 0.497 e. The summed E-state index contributed by atoms with van der Waals surface area (Å²) in [7, 11) is 5.46. The van der Waals surface area contributed by atoms with Crippen LogP contribution in [-0.2, 0) is 15.9 Å². The van der Waals surface area contributed by atoms with E-state index in [0.29, 0.717) is 11.8 Å². The quantitative estimate of drug-likeness (QED) is 0.831. The van der Waals surface area contributed by atoms with Crippen molar-refractivity contribution >= 4 is 0 Å². The van der Waals surface area contributed by atoms with Crippen molar-refractivity contribution in [2.24, 2.45) is 17.3 Å². The molecule has 0 bridgehead atoms. The van der Waals surface area contributed by atoms with E-state index >= 15 is 0 Å². The number of methoxy groups -OCH3 is 3. The Labute approximate surface area is 145 Å². The van der Waals surface area contributed by atoms with Gasteiger partial charge in [-0.15, -0.1) is 0 Å². The molecule has 3 aliphatic rings. The second-order valence-electron chi connectivity index (χ2n) is 8.19. The lowest BCUT2D eigenvalue weighted by atomic mass is 9.55. The molecule has 6 atom stereocenters. The first-order valence-corrected chi connectivity index (χ1v) is 9.34. The number of hydrogen-bond acceptors (Lipinski definition) is 3. The van der Waals surface area contributed by atoms with Gasteiger partial charge in [0.15, 0.2) is 0 Å². The molecule has 24 heavy (non-hydrogen) atoms. The molecular weight excluding hydrogens is 300 g/mol. The van der Waals surface area contributed by atoms with Crippen molar-refractivity contribution in [1.82, 2.24) is 0 Å². The number of aryl methyl sites for hydroxylation is 1. The van der Waals surface area contributed by atoms with Crippen molar-refractivity contribution < 1.29 is 14.2 Å². The molecular formula is C21H30O3. The molecule has 1 aromatic carbocycles. The van der Waals surface area contributed by atoms with Gasteiger partial charge in [-0.2, -0.15) is 0 Å². The fourth-order valence-corrected chi connectivity index (χ4v) is 6.27. The molecule has 3 nitrogen and oxygen atoms in total. The molecule has 0 N–H and O–H groups in total. The van der Waals surface area contributed by atoms with Crippen molar-refractivity contribution in [3.05, 3.63) is 29.3 Å². The van der Waals surface area contributed by atoms with E-state index < -0.39 is 0 Å². The predicted molar refractivity (Wildman–Crippen MR) is 94.6 cm³/mol. The zero-order valence-electron chi connectivity index (χ0n) is 15.4. The third-order valence-corrected chi connectivity index (χ3v) is 7.40. The van der Waals surface area contributed by atoms with Crippen LogP contribution in [0.4, 0.5) is 0 Å². The minimum atomic E-state index is 0.241. The number of fused-ring (bicyclic) bond motifs is 5. The lowest BCUT2D eigenvalue weighted by molar-refractivity contribution is -0.0832. The monoisotopic (exact) mass is 330 g/mol. The Kier molecular flexibility index (Phi) is 4.12. The minimum absolute atomic E-state index is 0.241. The first kappa shape index (κ1) is 16.4. The molecule has 132 valence electrons. The summed E-state index contributed by atoms with van der Waals surface area (Å²) in [6.07, 6.45) is 6.62. The Balaban J connectivity index is 1.66. The Bertz CT molecular complexity index is 613. The molecule has 0 amide bonds. The molecule has 2 fully saturated rings. The molecule has 0 aromatic heterocycles. The van der Waals surface area contributed by atoms with Gasteiger partial charge in [0.2, 0.25) is 0 Å². The van der Waals surface area contributed by atoms with Crippen molar-refractivity contribution in [3.63, 3.8) is 0 Å². The summed E-state index contributed by atoms with van der Waals surface area (Å²) < 4.78 is 17.2. The van der Waals surface area contributed by atoms with Crippen molar-refractivity contribution in [2.75, 3.05) is 21.3 Å². The van der Waals surface area contributed by atoms with Gasteiger partial charge in [0.05, 0.1) is 19.3 Å². The zero-order chi connectivity index (χ0) is 16.9. The number of hydrogen-bond donors (Lipinski definition) is 0. The molecule has 3 aliphatic carbocycles. The Hall–Kier alpha value is -1.06. The average Bonchev–Trinajstić information content (AvgIpc) is 2.92. The van der Waals surface area contributed by atoms with Crippen molar-refractivity contribution in [1.29, 1.82) is 0 Å². The van der Waals surface area contributed by atoms with Crippen LogP contribution in [0.1, 0.15) is 49.7 Å². The zero-order valence-corrected chi connectivity index (χ0v) is 15.4. The van der Waals surface area contributed by atoms with E-state index in [0.717, 1.165) is 18.1 Å². The third-order valence-electron chi connectivity index (χ3n) is 7.40. The van der Waals surface area contributed by atoms with Gasteiger partial charge in [0, 0.05) is 14.2 Å². The van der Waals surface area contributed by atoms with Gasteiger partial charge < -0.3 is 14.2 Å². The maximum absolute atomic E-state index is 5.93. The second-order valence-corrected chi connectivity index (χ2v) is 8.19. The van der Waals surface area contributed by atoms with Gasteiger partial charge >= 0.3 is 0 Å². The van der Waals surface area contributed by atoms with Crippen LogP contribution in [0.3, 0.4) is 0 Å². The van der Waals surface area contributed by atoms with Gasteiger partial charge in [-0.3, -0.25) is 0 Å². The van der Waals surface area contributed by atoms with Crippen LogP contribution in [0.25, 0.3) is 0 Å². The molecule has 0 spiro atoms. The van der Waals surface area contributed by atoms with Gasteiger partial charge in [-0.25, -0.2) is 0 Å². The first-order valence-electron chi connectivity index (χ1n) is 9.34. The summed E-state index contributed by atoms with van der Waals surface area (Å²) in [6, 6.07) is 6.72. The van der Waals surface area contributed by atoms with Crippen LogP contribution in [0.15, 0.2) is 18.2 Å². The summed E-state index contributed by atoms with van der Waals surface area (Å²) >= 11 is 0. The normalized spacial score (nSPS) is 40.6. The van der Waals surface area contributed by atoms with Crippen LogP contribution in [-0.4, -0.2) is 33.5 Å². The molecule has 0 heterocycles. The van der Waals surface area contributed by atoms with Gasteiger partial charge in [-0.1, -0.05) is 13.0 Å². The molecule has 0 radical (unpaired) electrons. The highest BCUT2D eigenvalue weighted by Crippen LogP contribution is 2.61. The topological polar surface area (TPSA) is 27.7 Å². The maximum atomic E-state index is 5.93. The van der Waals surface area contributed by atoms with E-state index in [1.165, 1.54) is 31.2 Å². The Morgan fingerprint density at radius 2 is 1.92 bits per heavy atom. The maximum Gasteiger partial charge on any atom is 0.119 e. The van der Waals surface area contributed by atoms with E-state index in [9.17, 15) is 0 Å². The number of ether oxygens (including phenoxy) is 3. The number of rotatable bonds is 3. The lowest BCUT2D eigenvalue weighted by Crippen LogP contribution is -2.45. The van der Waals surface area contributed by atoms with E-state index in [4.69, 9.17) is 14.2 Å². The molecule has 0 aliphatic heterocycles. The highest BCUT2D eigenvalue weighted by molar-refractivity contribution is 5.40. The molecule has 2 saturated carbocycles. The van der Waals surface area contributed by atoms with Crippen LogP contribution < -0.4 is 4.74 Å². The lowest BCUT2D eigenvalue weighted by Gasteiger charge is -2.50. The minimum Gasteiger partial charge on any atom is -0.497 e. The second kappa shape index (κ2) is 6.03. The van der Waals surface area contributed by atoms with E-state index in [1.54, 1.807) is 12.7 Å². The standard InChI is InChI=1S/C21H30O3/c1-21-10-9-16-15-8-6-14(22-2)11-13(15)5-7-17(16)18(21)12-19(23-3)20(21)24-4/h6,8,11,16-20H,5,7,9-10,12H2,1-4H3. The summed E-state index contributed by atoms with van der Waals surface area (Å²) in [5, 5.41) is 0. The molecule has 3 heteroatoms. The fourth-order valence-electron chi connectivity index (χ4n) is 6.27. The summed E-state index contributed by atoms with van der Waals surface area (Å²) in [5.41, 5.74) is 3.34. The summed E-state index contributed by atoms with van der Waals surface area (Å²) in [4.78, 5) is 0. The van der Waals surface area contributed by atoms with Crippen LogP contribution in [0, 0.1) is 17.3 Å².